The van der Waals surface area contributed by atoms with E-state index in [1.54, 1.807) is 0 Å². The molecule has 0 aromatic heterocycles. The summed E-state index contributed by atoms with van der Waals surface area (Å²) in [7, 11) is 0. The first-order valence-corrected chi connectivity index (χ1v) is 5.15. The Hall–Kier alpha value is -1.32. The van der Waals surface area contributed by atoms with Gasteiger partial charge >= 0.3 is 11.9 Å². The average Bonchev–Trinajstić information content (AvgIpc) is 2.16. The second kappa shape index (κ2) is 7.04. The molecule has 0 spiro atoms. The van der Waals surface area contributed by atoms with E-state index in [1.165, 1.54) is 0 Å². The van der Waals surface area contributed by atoms with Gasteiger partial charge in [0.1, 0.15) is 0 Å². The Morgan fingerprint density at radius 3 is 2.20 bits per heavy atom. The molecule has 0 aliphatic carbocycles. The Labute approximate surface area is 89.6 Å². The number of hydrogen-bond acceptors (Lipinski definition) is 2. The van der Waals surface area contributed by atoms with Crippen LogP contribution in [0.1, 0.15) is 39.0 Å². The molecule has 0 aliphatic heterocycles. The molecule has 86 valence electrons. The maximum atomic E-state index is 10.8. The maximum absolute atomic E-state index is 10.8. The molecule has 0 saturated carbocycles. The van der Waals surface area contributed by atoms with Crippen molar-refractivity contribution in [1.29, 1.82) is 0 Å². The van der Waals surface area contributed by atoms with Crippen molar-refractivity contribution in [1.82, 2.24) is 0 Å². The lowest BCUT2D eigenvalue weighted by atomic mass is 9.94. The molecule has 0 fully saturated rings. The largest absolute Gasteiger partial charge is 0.481 e. The second-order valence-electron chi connectivity index (χ2n) is 3.57. The van der Waals surface area contributed by atoms with Gasteiger partial charge in [0.05, 0.1) is 5.92 Å². The fourth-order valence-corrected chi connectivity index (χ4v) is 1.37. The van der Waals surface area contributed by atoms with Gasteiger partial charge < -0.3 is 10.2 Å². The minimum absolute atomic E-state index is 0.223. The third-order valence-electron chi connectivity index (χ3n) is 2.34. The monoisotopic (exact) mass is 214 g/mol. The molecule has 0 unspecified atom stereocenters. The van der Waals surface area contributed by atoms with Crippen LogP contribution in [0.15, 0.2) is 12.2 Å². The summed E-state index contributed by atoms with van der Waals surface area (Å²) in [6.45, 7) is 5.35. The summed E-state index contributed by atoms with van der Waals surface area (Å²) in [5, 5.41) is 17.5. The molecule has 0 radical (unpaired) electrons. The van der Waals surface area contributed by atoms with Crippen LogP contribution in [0.25, 0.3) is 0 Å². The summed E-state index contributed by atoms with van der Waals surface area (Å²) in [5.41, 5.74) is -0.223. The lowest BCUT2D eigenvalue weighted by molar-refractivity contribution is -0.144. The van der Waals surface area contributed by atoms with Crippen molar-refractivity contribution < 1.29 is 19.8 Å². The van der Waals surface area contributed by atoms with Gasteiger partial charge in [0.2, 0.25) is 0 Å². The molecular formula is C11H18O4. The van der Waals surface area contributed by atoms with E-state index >= 15 is 0 Å². The number of hydrogen-bond donors (Lipinski definition) is 2. The van der Waals surface area contributed by atoms with Crippen LogP contribution in [0.2, 0.25) is 0 Å². The summed E-state index contributed by atoms with van der Waals surface area (Å²) >= 11 is 0. The Morgan fingerprint density at radius 2 is 1.80 bits per heavy atom. The zero-order chi connectivity index (χ0) is 11.8. The third-order valence-corrected chi connectivity index (χ3v) is 2.34. The van der Waals surface area contributed by atoms with Crippen LogP contribution in [0.3, 0.4) is 0 Å². The molecule has 15 heavy (non-hydrogen) atoms. The van der Waals surface area contributed by atoms with Gasteiger partial charge in [-0.05, 0) is 6.42 Å². The van der Waals surface area contributed by atoms with E-state index in [9.17, 15) is 9.59 Å². The molecule has 1 atom stereocenters. The van der Waals surface area contributed by atoms with Gasteiger partial charge in [0, 0.05) is 5.57 Å². The van der Waals surface area contributed by atoms with Crippen molar-refractivity contribution >= 4 is 11.9 Å². The van der Waals surface area contributed by atoms with Gasteiger partial charge in [-0.25, -0.2) is 4.79 Å². The molecule has 0 heterocycles. The minimum Gasteiger partial charge on any atom is -0.481 e. The van der Waals surface area contributed by atoms with Crippen LogP contribution in [-0.2, 0) is 9.59 Å². The first kappa shape index (κ1) is 13.7. The highest BCUT2D eigenvalue weighted by Gasteiger charge is 2.24. The average molecular weight is 214 g/mol. The van der Waals surface area contributed by atoms with Crippen molar-refractivity contribution in [3.05, 3.63) is 12.2 Å². The Bertz CT molecular complexity index is 245. The van der Waals surface area contributed by atoms with Crippen molar-refractivity contribution in [2.45, 2.75) is 39.0 Å². The van der Waals surface area contributed by atoms with E-state index in [-0.39, 0.29) is 5.57 Å². The highest BCUT2D eigenvalue weighted by Crippen LogP contribution is 2.18. The minimum atomic E-state index is -1.22. The number of carboxylic acid groups (broad SMARTS) is 2. The highest BCUT2D eigenvalue weighted by molar-refractivity contribution is 5.93. The maximum Gasteiger partial charge on any atom is 0.331 e. The molecule has 0 aromatic carbocycles. The van der Waals surface area contributed by atoms with Gasteiger partial charge in [-0.15, -0.1) is 0 Å². The lowest BCUT2D eigenvalue weighted by Crippen LogP contribution is -2.20. The summed E-state index contributed by atoms with van der Waals surface area (Å²) in [5.74, 6) is -3.27. The van der Waals surface area contributed by atoms with E-state index in [4.69, 9.17) is 10.2 Å². The lowest BCUT2D eigenvalue weighted by Gasteiger charge is -2.11. The fourth-order valence-electron chi connectivity index (χ4n) is 1.37. The molecule has 0 rings (SSSR count). The van der Waals surface area contributed by atoms with E-state index in [1.807, 2.05) is 0 Å². The number of aliphatic carboxylic acids is 2. The smallest absolute Gasteiger partial charge is 0.331 e. The third kappa shape index (κ3) is 5.20. The summed E-state index contributed by atoms with van der Waals surface area (Å²) in [6, 6.07) is 0. The van der Waals surface area contributed by atoms with Crippen molar-refractivity contribution in [2.24, 2.45) is 5.92 Å². The van der Waals surface area contributed by atoms with Crippen LogP contribution in [-0.4, -0.2) is 22.2 Å². The van der Waals surface area contributed by atoms with Gasteiger partial charge in [0.25, 0.3) is 0 Å². The van der Waals surface area contributed by atoms with Crippen molar-refractivity contribution in [2.75, 3.05) is 0 Å². The van der Waals surface area contributed by atoms with Gasteiger partial charge in [-0.1, -0.05) is 39.2 Å². The highest BCUT2D eigenvalue weighted by atomic mass is 16.4. The van der Waals surface area contributed by atoms with Crippen molar-refractivity contribution in [3.63, 3.8) is 0 Å². The molecule has 0 aliphatic rings. The molecule has 0 aromatic rings. The van der Waals surface area contributed by atoms with Crippen LogP contribution >= 0.6 is 0 Å². The number of rotatable bonds is 8. The Balaban J connectivity index is 4.12. The van der Waals surface area contributed by atoms with Crippen LogP contribution in [0.5, 0.6) is 0 Å². The molecule has 0 amide bonds. The van der Waals surface area contributed by atoms with Gasteiger partial charge in [-0.2, -0.15) is 0 Å². The molecule has 4 heteroatoms. The number of carbonyl (C=O) groups is 2. The quantitative estimate of drug-likeness (QED) is 0.480. The Morgan fingerprint density at radius 1 is 1.20 bits per heavy atom. The van der Waals surface area contributed by atoms with Gasteiger partial charge in [0.15, 0.2) is 0 Å². The van der Waals surface area contributed by atoms with E-state index < -0.39 is 17.9 Å². The second-order valence-corrected chi connectivity index (χ2v) is 3.57. The molecule has 2 N–H and O–H groups in total. The fraction of sp³-hybridized carbons (Fsp3) is 0.636. The summed E-state index contributed by atoms with van der Waals surface area (Å²) in [4.78, 5) is 21.4. The first-order chi connectivity index (χ1) is 7.00. The van der Waals surface area contributed by atoms with E-state index in [0.29, 0.717) is 6.42 Å². The zero-order valence-electron chi connectivity index (χ0n) is 9.03. The SMILES string of the molecule is C=C(C(=O)O)[C@H](CCCCCC)C(=O)O. The van der Waals surface area contributed by atoms with E-state index in [2.05, 4.69) is 13.5 Å². The molecular weight excluding hydrogens is 196 g/mol. The Kier molecular flexibility index (Phi) is 6.42. The van der Waals surface area contributed by atoms with Gasteiger partial charge in [-0.3, -0.25) is 4.79 Å². The van der Waals surface area contributed by atoms with Crippen LogP contribution in [0.4, 0.5) is 0 Å². The first-order valence-electron chi connectivity index (χ1n) is 5.15. The standard InChI is InChI=1S/C11H18O4/c1-3-4-5-6-7-9(11(14)15)8(2)10(12)13/h9H,2-7H2,1H3,(H,12,13)(H,14,15)/t9-/m0/s1. The number of unbranched alkanes of at least 4 members (excludes halogenated alkanes) is 3. The topological polar surface area (TPSA) is 74.6 Å². The normalized spacial score (nSPS) is 12.1. The molecule has 0 saturated heterocycles. The summed E-state index contributed by atoms with van der Waals surface area (Å²) < 4.78 is 0. The number of carboxylic acids is 2. The van der Waals surface area contributed by atoms with E-state index in [0.717, 1.165) is 25.7 Å². The molecule has 0 bridgehead atoms. The van der Waals surface area contributed by atoms with Crippen LogP contribution in [0, 0.1) is 5.92 Å². The van der Waals surface area contributed by atoms with Crippen LogP contribution < -0.4 is 0 Å². The van der Waals surface area contributed by atoms with Crippen molar-refractivity contribution in [3.8, 4) is 0 Å². The molecule has 4 nitrogen and oxygen atoms in total. The predicted octanol–water partition coefficient (Wildman–Crippen LogP) is 2.30. The zero-order valence-corrected chi connectivity index (χ0v) is 9.03. The summed E-state index contributed by atoms with van der Waals surface area (Å²) in [6.07, 6.45) is 4.15. The predicted molar refractivity (Wildman–Crippen MR) is 56.7 cm³/mol.